The predicted molar refractivity (Wildman–Crippen MR) is 143 cm³/mol. The van der Waals surface area contributed by atoms with Crippen molar-refractivity contribution in [1.29, 1.82) is 0 Å². The number of pyridine rings is 1. The van der Waals surface area contributed by atoms with Crippen LogP contribution in [0.5, 0.6) is 0 Å². The molecule has 1 aromatic carbocycles. The van der Waals surface area contributed by atoms with Crippen molar-refractivity contribution in [2.24, 2.45) is 0 Å². The maximum absolute atomic E-state index is 13.6. The predicted octanol–water partition coefficient (Wildman–Crippen LogP) is 7.23. The fourth-order valence-corrected chi connectivity index (χ4v) is 24.9. The zero-order chi connectivity index (χ0) is 23.3. The minimum absolute atomic E-state index is 0.0216. The number of benzene rings is 1. The van der Waals surface area contributed by atoms with E-state index in [-0.39, 0.29) is 5.78 Å². The van der Waals surface area contributed by atoms with Gasteiger partial charge in [0.05, 0.1) is 0 Å². The van der Waals surface area contributed by atoms with Crippen molar-refractivity contribution in [1.82, 2.24) is 14.4 Å². The number of unbranched alkanes of at least 4 members (excludes halogenated alkanes) is 3. The molecule has 0 saturated carbocycles. The van der Waals surface area contributed by atoms with Gasteiger partial charge in [-0.25, -0.2) is 0 Å². The monoisotopic (exact) mass is 569 g/mol. The Morgan fingerprint density at radius 3 is 2.30 bits per heavy atom. The number of hydrogen-bond acceptors (Lipinski definition) is 4. The van der Waals surface area contributed by atoms with Gasteiger partial charge in [0.2, 0.25) is 0 Å². The van der Waals surface area contributed by atoms with E-state index < -0.39 is 18.4 Å². The van der Waals surface area contributed by atoms with Gasteiger partial charge in [0.1, 0.15) is 0 Å². The SMILES string of the molecule is CCC[CH2][Sn]([CH2]CCC)([CH2]CCC)[c]1cn2cnc(C(=O)c3cncc4ccccc34)c2s1. The van der Waals surface area contributed by atoms with Crippen LogP contribution in [0.1, 0.15) is 75.3 Å². The van der Waals surface area contributed by atoms with Gasteiger partial charge in [-0.1, -0.05) is 0 Å². The first kappa shape index (κ1) is 24.4. The Kier molecular flexibility index (Phi) is 8.23. The molecule has 4 rings (SSSR count). The number of thiazole rings is 1. The fraction of sp³-hybridized carbons (Fsp3) is 0.444. The number of ketones is 1. The van der Waals surface area contributed by atoms with Crippen LogP contribution in [-0.2, 0) is 0 Å². The van der Waals surface area contributed by atoms with Crippen molar-refractivity contribution >= 4 is 54.0 Å². The van der Waals surface area contributed by atoms with E-state index in [1.807, 2.05) is 48.1 Å². The topological polar surface area (TPSA) is 47.3 Å². The van der Waals surface area contributed by atoms with Crippen molar-refractivity contribution in [2.75, 3.05) is 0 Å². The van der Waals surface area contributed by atoms with E-state index in [1.165, 1.54) is 51.8 Å². The molecule has 0 unspecified atom stereocenters. The molecule has 3 heterocycles. The third kappa shape index (κ3) is 5.04. The van der Waals surface area contributed by atoms with Crippen LogP contribution in [0.2, 0.25) is 13.3 Å². The molecule has 0 N–H and O–H groups in total. The van der Waals surface area contributed by atoms with Crippen molar-refractivity contribution in [2.45, 2.75) is 72.6 Å². The van der Waals surface area contributed by atoms with Gasteiger partial charge in [-0.15, -0.1) is 0 Å². The number of rotatable bonds is 12. The number of aromatic nitrogens is 3. The molecule has 0 atom stereocenters. The third-order valence-electron chi connectivity index (χ3n) is 6.89. The number of carbonyl (C=O) groups is 1. The quantitative estimate of drug-likeness (QED) is 0.134. The first-order chi connectivity index (χ1) is 16.1. The summed E-state index contributed by atoms with van der Waals surface area (Å²) in [6, 6.07) is 7.96. The molecule has 0 saturated heterocycles. The molecule has 3 aromatic heterocycles. The molecule has 0 aliphatic rings. The first-order valence-electron chi connectivity index (χ1n) is 12.5. The summed E-state index contributed by atoms with van der Waals surface area (Å²) in [4.78, 5) is 23.5. The molecule has 0 amide bonds. The van der Waals surface area contributed by atoms with Gasteiger partial charge >= 0.3 is 206 Å². The Morgan fingerprint density at radius 2 is 1.64 bits per heavy atom. The van der Waals surface area contributed by atoms with Gasteiger partial charge in [0, 0.05) is 0 Å². The molecule has 0 radical (unpaired) electrons. The standard InChI is InChI=1S/C15H8N3OS.3C4H9.Sn/c19-14(13-15-18(9-17-13)5-6-20-15)12-8-16-7-10-3-1-2-4-11(10)12;3*1-3-4-2;/h1-5,7-9H;3*1,3-4H2,2H3;. The van der Waals surface area contributed by atoms with E-state index in [0.29, 0.717) is 11.3 Å². The van der Waals surface area contributed by atoms with E-state index in [0.717, 1.165) is 15.6 Å². The van der Waals surface area contributed by atoms with Gasteiger partial charge < -0.3 is 0 Å². The average Bonchev–Trinajstić information content (AvgIpc) is 3.45. The van der Waals surface area contributed by atoms with Gasteiger partial charge in [-0.05, 0) is 0 Å². The molecule has 0 aliphatic carbocycles. The molecule has 0 bridgehead atoms. The van der Waals surface area contributed by atoms with Crippen molar-refractivity contribution in [3.05, 3.63) is 60.4 Å². The number of carbonyl (C=O) groups excluding carboxylic acids is 1. The van der Waals surface area contributed by atoms with E-state index in [4.69, 9.17) is 0 Å². The molecule has 6 heteroatoms. The molecule has 4 nitrogen and oxygen atoms in total. The Hall–Kier alpha value is -1.73. The van der Waals surface area contributed by atoms with Crippen molar-refractivity contribution < 1.29 is 4.79 Å². The second-order valence-electron chi connectivity index (χ2n) is 9.23. The summed E-state index contributed by atoms with van der Waals surface area (Å²) in [5.41, 5.74) is 1.22. The van der Waals surface area contributed by atoms with Crippen LogP contribution < -0.4 is 2.89 Å². The van der Waals surface area contributed by atoms with E-state index in [1.54, 1.807) is 9.09 Å². The van der Waals surface area contributed by atoms with E-state index in [9.17, 15) is 4.79 Å². The molecule has 33 heavy (non-hydrogen) atoms. The van der Waals surface area contributed by atoms with Crippen LogP contribution in [0, 0.1) is 0 Å². The zero-order valence-electron chi connectivity index (χ0n) is 20.1. The normalized spacial score (nSPS) is 12.1. The summed E-state index contributed by atoms with van der Waals surface area (Å²) in [7, 11) is 0. The Bertz CT molecular complexity index is 1200. The van der Waals surface area contributed by atoms with Crippen LogP contribution in [0.3, 0.4) is 0 Å². The summed E-state index contributed by atoms with van der Waals surface area (Å²) in [6.07, 6.45) is 15.5. The zero-order valence-corrected chi connectivity index (χ0v) is 23.8. The number of hydrogen-bond donors (Lipinski definition) is 0. The van der Waals surface area contributed by atoms with Gasteiger partial charge in [0.15, 0.2) is 0 Å². The van der Waals surface area contributed by atoms with Gasteiger partial charge in [-0.2, -0.15) is 0 Å². The number of imidazole rings is 1. The summed E-state index contributed by atoms with van der Waals surface area (Å²) in [5.74, 6) is -0.0216. The molecule has 4 aromatic rings. The fourth-order valence-electron chi connectivity index (χ4n) is 4.92. The van der Waals surface area contributed by atoms with Gasteiger partial charge in [-0.3, -0.25) is 0 Å². The van der Waals surface area contributed by atoms with Crippen LogP contribution in [0.4, 0.5) is 0 Å². The maximum atomic E-state index is 13.6. The van der Waals surface area contributed by atoms with E-state index >= 15 is 0 Å². The Labute approximate surface area is 205 Å². The first-order valence-corrected chi connectivity index (χ1v) is 20.8. The second-order valence-corrected chi connectivity index (χ2v) is 24.4. The van der Waals surface area contributed by atoms with Crippen molar-refractivity contribution in [3.8, 4) is 0 Å². The minimum atomic E-state index is -2.55. The summed E-state index contributed by atoms with van der Waals surface area (Å²) < 4.78 is 8.04. The number of fused-ring (bicyclic) bond motifs is 2. The van der Waals surface area contributed by atoms with Crippen LogP contribution in [0.25, 0.3) is 15.6 Å². The van der Waals surface area contributed by atoms with Gasteiger partial charge in [0.25, 0.3) is 0 Å². The molecule has 174 valence electrons. The Morgan fingerprint density at radius 1 is 0.970 bits per heavy atom. The summed E-state index contributed by atoms with van der Waals surface area (Å²) in [6.45, 7) is 6.94. The van der Waals surface area contributed by atoms with Crippen LogP contribution in [-0.4, -0.2) is 38.5 Å². The molecule has 0 spiro atoms. The molecule has 0 aliphatic heterocycles. The Balaban J connectivity index is 1.76. The summed E-state index contributed by atoms with van der Waals surface area (Å²) >= 11 is -0.676. The molecular weight excluding hydrogens is 533 g/mol. The molecule has 0 fully saturated rings. The number of nitrogens with zero attached hydrogens (tertiary/aromatic N) is 3. The second kappa shape index (κ2) is 11.1. The van der Waals surface area contributed by atoms with E-state index in [2.05, 4.69) is 41.3 Å². The average molecular weight is 568 g/mol. The van der Waals surface area contributed by atoms with Crippen LogP contribution in [0.15, 0.2) is 49.2 Å². The molecular formula is C27H35N3OSSn. The van der Waals surface area contributed by atoms with Crippen LogP contribution >= 0.6 is 11.3 Å². The summed E-state index contributed by atoms with van der Waals surface area (Å²) in [5, 5.41) is 1.93. The van der Waals surface area contributed by atoms with Crippen molar-refractivity contribution in [3.63, 3.8) is 0 Å². The third-order valence-corrected chi connectivity index (χ3v) is 26.2.